The quantitative estimate of drug-likeness (QED) is 0.431. The van der Waals surface area contributed by atoms with Crippen LogP contribution in [0.2, 0.25) is 0 Å². The van der Waals surface area contributed by atoms with Gasteiger partial charge in [0.05, 0.1) is 10.6 Å². The van der Waals surface area contributed by atoms with E-state index in [9.17, 15) is 20.0 Å². The van der Waals surface area contributed by atoms with Crippen molar-refractivity contribution in [1.29, 1.82) is 0 Å². The lowest BCUT2D eigenvalue weighted by atomic mass is 10.0. The molecule has 0 bridgehead atoms. The molecule has 1 aliphatic heterocycles. The monoisotopic (exact) mass is 279 g/mol. The third kappa shape index (κ3) is 3.67. The number of hydrogen-bond donors (Lipinski definition) is 3. The van der Waals surface area contributed by atoms with Crippen LogP contribution in [0.1, 0.15) is 19.3 Å². The van der Waals surface area contributed by atoms with Crippen molar-refractivity contribution < 1.29 is 14.8 Å². The number of phenolic OH excluding ortho intramolecular Hbond substituents is 1. The van der Waals surface area contributed by atoms with Crippen LogP contribution in [0.25, 0.3) is 0 Å². The van der Waals surface area contributed by atoms with Crippen molar-refractivity contribution in [2.24, 2.45) is 5.92 Å². The molecular formula is C13H17N3O4. The summed E-state index contributed by atoms with van der Waals surface area (Å²) in [6, 6.07) is 3.55. The summed E-state index contributed by atoms with van der Waals surface area (Å²) >= 11 is 0. The van der Waals surface area contributed by atoms with Gasteiger partial charge in [0.2, 0.25) is 5.91 Å². The van der Waals surface area contributed by atoms with Crippen LogP contribution in [0.4, 0.5) is 11.4 Å². The first-order valence-corrected chi connectivity index (χ1v) is 6.54. The van der Waals surface area contributed by atoms with Gasteiger partial charge < -0.3 is 15.7 Å². The number of phenols is 1. The van der Waals surface area contributed by atoms with Gasteiger partial charge in [-0.25, -0.2) is 0 Å². The van der Waals surface area contributed by atoms with E-state index in [1.54, 1.807) is 0 Å². The number of aromatic hydroxyl groups is 1. The second-order valence-electron chi connectivity index (χ2n) is 4.90. The number of benzene rings is 1. The van der Waals surface area contributed by atoms with E-state index in [-0.39, 0.29) is 23.0 Å². The number of rotatable bonds is 5. The van der Waals surface area contributed by atoms with E-state index in [1.807, 2.05) is 0 Å². The SMILES string of the molecule is O=C(CCC1CCNC1)Nc1cc([N+](=O)[O-])ccc1O. The van der Waals surface area contributed by atoms with Crippen molar-refractivity contribution >= 4 is 17.3 Å². The smallest absolute Gasteiger partial charge is 0.271 e. The Hall–Kier alpha value is -2.15. The Bertz CT molecular complexity index is 512. The highest BCUT2D eigenvalue weighted by Gasteiger charge is 2.17. The molecule has 0 radical (unpaired) electrons. The summed E-state index contributed by atoms with van der Waals surface area (Å²) in [6.45, 7) is 1.91. The molecule has 20 heavy (non-hydrogen) atoms. The fourth-order valence-electron chi connectivity index (χ4n) is 2.25. The van der Waals surface area contributed by atoms with Crippen molar-refractivity contribution in [2.75, 3.05) is 18.4 Å². The molecule has 7 heteroatoms. The lowest BCUT2D eigenvalue weighted by Gasteiger charge is -2.09. The fourth-order valence-corrected chi connectivity index (χ4v) is 2.25. The second kappa shape index (κ2) is 6.33. The maximum atomic E-state index is 11.8. The van der Waals surface area contributed by atoms with Crippen molar-refractivity contribution in [2.45, 2.75) is 19.3 Å². The Morgan fingerprint density at radius 3 is 3.00 bits per heavy atom. The van der Waals surface area contributed by atoms with Crippen LogP contribution in [0.3, 0.4) is 0 Å². The summed E-state index contributed by atoms with van der Waals surface area (Å²) in [5, 5.41) is 26.0. The molecule has 0 saturated carbocycles. The van der Waals surface area contributed by atoms with Gasteiger partial charge in [0.25, 0.3) is 5.69 Å². The minimum Gasteiger partial charge on any atom is -0.506 e. The topological polar surface area (TPSA) is 104 Å². The number of anilines is 1. The molecule has 0 spiro atoms. The molecule has 1 saturated heterocycles. The average Bonchev–Trinajstić information content (AvgIpc) is 2.92. The Kier molecular flexibility index (Phi) is 4.52. The predicted molar refractivity (Wildman–Crippen MR) is 73.6 cm³/mol. The van der Waals surface area contributed by atoms with E-state index in [1.165, 1.54) is 12.1 Å². The number of carbonyl (C=O) groups is 1. The molecular weight excluding hydrogens is 262 g/mol. The maximum absolute atomic E-state index is 11.8. The van der Waals surface area contributed by atoms with Gasteiger partial charge in [0.1, 0.15) is 5.75 Å². The Labute approximate surface area is 116 Å². The summed E-state index contributed by atoms with van der Waals surface area (Å²) in [7, 11) is 0. The van der Waals surface area contributed by atoms with Crippen LogP contribution in [0.5, 0.6) is 5.75 Å². The summed E-state index contributed by atoms with van der Waals surface area (Å²) in [5.41, 5.74) is -0.0909. The third-order valence-corrected chi connectivity index (χ3v) is 3.41. The van der Waals surface area contributed by atoms with E-state index >= 15 is 0 Å². The van der Waals surface area contributed by atoms with Crippen molar-refractivity contribution in [3.05, 3.63) is 28.3 Å². The lowest BCUT2D eigenvalue weighted by Crippen LogP contribution is -2.15. The Balaban J connectivity index is 1.92. The first kappa shape index (κ1) is 14.3. The van der Waals surface area contributed by atoms with Crippen LogP contribution in [-0.4, -0.2) is 29.0 Å². The third-order valence-electron chi connectivity index (χ3n) is 3.41. The zero-order valence-electron chi connectivity index (χ0n) is 11.0. The molecule has 3 N–H and O–H groups in total. The van der Waals surface area contributed by atoms with Gasteiger partial charge in [0, 0.05) is 18.6 Å². The molecule has 1 atom stereocenters. The molecule has 0 aliphatic carbocycles. The number of carbonyl (C=O) groups excluding carboxylic acids is 1. The van der Waals surface area contributed by atoms with Gasteiger partial charge >= 0.3 is 0 Å². The number of nitrogens with zero attached hydrogens (tertiary/aromatic N) is 1. The standard InChI is InChI=1S/C13H17N3O4/c17-12-3-2-10(16(19)20)7-11(12)15-13(18)4-1-9-5-6-14-8-9/h2-3,7,9,14,17H,1,4-6,8H2,(H,15,18). The molecule has 108 valence electrons. The van der Waals surface area contributed by atoms with Crippen LogP contribution in [0.15, 0.2) is 18.2 Å². The fraction of sp³-hybridized carbons (Fsp3) is 0.462. The zero-order valence-corrected chi connectivity index (χ0v) is 11.0. The van der Waals surface area contributed by atoms with E-state index in [2.05, 4.69) is 10.6 Å². The zero-order chi connectivity index (χ0) is 14.5. The lowest BCUT2D eigenvalue weighted by molar-refractivity contribution is -0.384. The summed E-state index contributed by atoms with van der Waals surface area (Å²) in [6.07, 6.45) is 2.18. The van der Waals surface area contributed by atoms with E-state index in [0.717, 1.165) is 32.0 Å². The highest BCUT2D eigenvalue weighted by molar-refractivity contribution is 5.92. The van der Waals surface area contributed by atoms with Crippen molar-refractivity contribution in [3.8, 4) is 5.75 Å². The molecule has 1 amide bonds. The van der Waals surface area contributed by atoms with Crippen LogP contribution in [-0.2, 0) is 4.79 Å². The number of amides is 1. The van der Waals surface area contributed by atoms with Gasteiger partial charge in [0.15, 0.2) is 0 Å². The maximum Gasteiger partial charge on any atom is 0.271 e. The average molecular weight is 279 g/mol. The van der Waals surface area contributed by atoms with Crippen LogP contribution in [0, 0.1) is 16.0 Å². The number of nitro groups is 1. The summed E-state index contributed by atoms with van der Waals surface area (Å²) in [5.74, 6) is 0.0821. The highest BCUT2D eigenvalue weighted by atomic mass is 16.6. The van der Waals surface area contributed by atoms with Crippen molar-refractivity contribution in [3.63, 3.8) is 0 Å². The predicted octanol–water partition coefficient (Wildman–Crippen LogP) is 1.63. The normalized spacial score (nSPS) is 17.9. The summed E-state index contributed by atoms with van der Waals surface area (Å²) < 4.78 is 0. The molecule has 1 unspecified atom stereocenters. The molecule has 1 aliphatic rings. The minimum absolute atomic E-state index is 0.0775. The molecule has 2 rings (SSSR count). The van der Waals surface area contributed by atoms with E-state index in [0.29, 0.717) is 12.3 Å². The Morgan fingerprint density at radius 2 is 2.35 bits per heavy atom. The molecule has 1 heterocycles. The first-order valence-electron chi connectivity index (χ1n) is 6.54. The molecule has 1 aromatic carbocycles. The number of nitro benzene ring substituents is 1. The molecule has 0 aromatic heterocycles. The molecule has 1 aromatic rings. The highest BCUT2D eigenvalue weighted by Crippen LogP contribution is 2.28. The van der Waals surface area contributed by atoms with Crippen LogP contribution >= 0.6 is 0 Å². The first-order chi connectivity index (χ1) is 9.56. The summed E-state index contributed by atoms with van der Waals surface area (Å²) in [4.78, 5) is 21.9. The van der Waals surface area contributed by atoms with Gasteiger partial charge in [-0.15, -0.1) is 0 Å². The van der Waals surface area contributed by atoms with E-state index in [4.69, 9.17) is 0 Å². The second-order valence-corrected chi connectivity index (χ2v) is 4.90. The number of nitrogens with one attached hydrogen (secondary N) is 2. The van der Waals surface area contributed by atoms with Gasteiger partial charge in [-0.2, -0.15) is 0 Å². The van der Waals surface area contributed by atoms with E-state index < -0.39 is 4.92 Å². The van der Waals surface area contributed by atoms with Gasteiger partial charge in [-0.05, 0) is 37.9 Å². The van der Waals surface area contributed by atoms with Crippen LogP contribution < -0.4 is 10.6 Å². The minimum atomic E-state index is -0.570. The van der Waals surface area contributed by atoms with Crippen molar-refractivity contribution in [1.82, 2.24) is 5.32 Å². The molecule has 1 fully saturated rings. The number of hydrogen-bond acceptors (Lipinski definition) is 5. The largest absolute Gasteiger partial charge is 0.506 e. The van der Waals surface area contributed by atoms with Gasteiger partial charge in [-0.1, -0.05) is 0 Å². The molecule has 7 nitrogen and oxygen atoms in total. The number of non-ortho nitro benzene ring substituents is 1. The van der Waals surface area contributed by atoms with Gasteiger partial charge in [-0.3, -0.25) is 14.9 Å². The Morgan fingerprint density at radius 1 is 1.55 bits per heavy atom.